The van der Waals surface area contributed by atoms with E-state index in [9.17, 15) is 9.90 Å². The van der Waals surface area contributed by atoms with Crippen molar-refractivity contribution in [2.24, 2.45) is 0 Å². The molecule has 0 unspecified atom stereocenters. The van der Waals surface area contributed by atoms with Crippen molar-refractivity contribution in [1.82, 2.24) is 10.3 Å². The SMILES string of the molecule is O=C(CCc1cccnc1)NCC1(O)CCCC1. The number of hydrogen-bond donors (Lipinski definition) is 2. The zero-order chi connectivity index (χ0) is 12.8. The molecule has 4 nitrogen and oxygen atoms in total. The Morgan fingerprint density at radius 1 is 1.44 bits per heavy atom. The Kier molecular flexibility index (Phi) is 4.31. The summed E-state index contributed by atoms with van der Waals surface area (Å²) in [5.74, 6) is -0.000761. The van der Waals surface area contributed by atoms with Gasteiger partial charge in [-0.2, -0.15) is 0 Å². The molecule has 1 amide bonds. The van der Waals surface area contributed by atoms with E-state index in [2.05, 4.69) is 10.3 Å². The minimum absolute atomic E-state index is 0.000761. The van der Waals surface area contributed by atoms with Gasteiger partial charge in [-0.1, -0.05) is 18.9 Å². The first-order valence-corrected chi connectivity index (χ1v) is 6.56. The largest absolute Gasteiger partial charge is 0.388 e. The fraction of sp³-hybridized carbons (Fsp3) is 0.571. The van der Waals surface area contributed by atoms with Crippen molar-refractivity contribution >= 4 is 5.91 Å². The van der Waals surface area contributed by atoms with Crippen LogP contribution in [0.2, 0.25) is 0 Å². The molecule has 2 rings (SSSR count). The van der Waals surface area contributed by atoms with Crippen molar-refractivity contribution in [2.75, 3.05) is 6.54 Å². The summed E-state index contributed by atoms with van der Waals surface area (Å²) >= 11 is 0. The molecular formula is C14H20N2O2. The lowest BCUT2D eigenvalue weighted by molar-refractivity contribution is -0.122. The first-order chi connectivity index (χ1) is 8.68. The Labute approximate surface area is 107 Å². The van der Waals surface area contributed by atoms with Gasteiger partial charge >= 0.3 is 0 Å². The third-order valence-electron chi connectivity index (χ3n) is 3.51. The smallest absolute Gasteiger partial charge is 0.220 e. The lowest BCUT2D eigenvalue weighted by atomic mass is 10.0. The Balaban J connectivity index is 1.69. The van der Waals surface area contributed by atoms with Crippen molar-refractivity contribution in [1.29, 1.82) is 0 Å². The Morgan fingerprint density at radius 3 is 2.89 bits per heavy atom. The quantitative estimate of drug-likeness (QED) is 0.828. The molecule has 18 heavy (non-hydrogen) atoms. The summed E-state index contributed by atoms with van der Waals surface area (Å²) in [7, 11) is 0. The van der Waals surface area contributed by atoms with Crippen LogP contribution in [0.3, 0.4) is 0 Å². The molecule has 0 saturated heterocycles. The van der Waals surface area contributed by atoms with Gasteiger partial charge in [-0.15, -0.1) is 0 Å². The predicted molar refractivity (Wildman–Crippen MR) is 69.0 cm³/mol. The van der Waals surface area contributed by atoms with Crippen molar-refractivity contribution in [3.8, 4) is 0 Å². The maximum Gasteiger partial charge on any atom is 0.220 e. The molecule has 1 aromatic rings. The van der Waals surface area contributed by atoms with Gasteiger partial charge in [0.25, 0.3) is 0 Å². The van der Waals surface area contributed by atoms with Gasteiger partial charge in [0.2, 0.25) is 5.91 Å². The van der Waals surface area contributed by atoms with Gasteiger partial charge in [-0.25, -0.2) is 0 Å². The van der Waals surface area contributed by atoms with E-state index in [-0.39, 0.29) is 5.91 Å². The molecule has 1 aliphatic rings. The zero-order valence-corrected chi connectivity index (χ0v) is 10.6. The highest BCUT2D eigenvalue weighted by Crippen LogP contribution is 2.28. The summed E-state index contributed by atoms with van der Waals surface area (Å²) < 4.78 is 0. The van der Waals surface area contributed by atoms with Crippen LogP contribution in [0, 0.1) is 0 Å². The Morgan fingerprint density at radius 2 is 2.22 bits per heavy atom. The van der Waals surface area contributed by atoms with Crippen LogP contribution in [0.1, 0.15) is 37.7 Å². The van der Waals surface area contributed by atoms with Gasteiger partial charge < -0.3 is 10.4 Å². The first-order valence-electron chi connectivity index (χ1n) is 6.56. The fourth-order valence-corrected chi connectivity index (χ4v) is 2.37. The number of nitrogens with zero attached hydrogens (tertiary/aromatic N) is 1. The van der Waals surface area contributed by atoms with E-state index in [1.54, 1.807) is 12.4 Å². The maximum atomic E-state index is 11.7. The van der Waals surface area contributed by atoms with E-state index in [1.165, 1.54) is 0 Å². The second-order valence-corrected chi connectivity index (χ2v) is 5.07. The molecule has 0 bridgehead atoms. The van der Waals surface area contributed by atoms with Crippen LogP contribution in [-0.4, -0.2) is 28.1 Å². The molecule has 98 valence electrons. The first kappa shape index (κ1) is 13.0. The highest BCUT2D eigenvalue weighted by Gasteiger charge is 2.31. The predicted octanol–water partition coefficient (Wildman–Crippen LogP) is 1.44. The van der Waals surface area contributed by atoms with Gasteiger partial charge in [0.05, 0.1) is 5.60 Å². The van der Waals surface area contributed by atoms with Gasteiger partial charge in [-0.3, -0.25) is 9.78 Å². The number of hydrogen-bond acceptors (Lipinski definition) is 3. The average molecular weight is 248 g/mol. The van der Waals surface area contributed by atoms with E-state index in [0.29, 0.717) is 19.4 Å². The molecule has 0 aliphatic heterocycles. The van der Waals surface area contributed by atoms with E-state index < -0.39 is 5.60 Å². The fourth-order valence-electron chi connectivity index (χ4n) is 2.37. The summed E-state index contributed by atoms with van der Waals surface area (Å²) in [5, 5.41) is 12.9. The number of aryl methyl sites for hydroxylation is 1. The minimum Gasteiger partial charge on any atom is -0.388 e. The minimum atomic E-state index is -0.663. The number of pyridine rings is 1. The van der Waals surface area contributed by atoms with Gasteiger partial charge in [0.1, 0.15) is 0 Å². The summed E-state index contributed by atoms with van der Waals surface area (Å²) in [6.07, 6.45) is 8.35. The molecule has 1 aromatic heterocycles. The maximum absolute atomic E-state index is 11.7. The second-order valence-electron chi connectivity index (χ2n) is 5.07. The molecule has 0 aromatic carbocycles. The van der Waals surface area contributed by atoms with Crippen LogP contribution in [0.15, 0.2) is 24.5 Å². The molecule has 2 N–H and O–H groups in total. The molecule has 0 atom stereocenters. The zero-order valence-electron chi connectivity index (χ0n) is 10.6. The second kappa shape index (κ2) is 5.96. The van der Waals surface area contributed by atoms with Crippen LogP contribution in [-0.2, 0) is 11.2 Å². The molecule has 1 fully saturated rings. The van der Waals surface area contributed by atoms with E-state index in [0.717, 1.165) is 31.2 Å². The molecule has 1 saturated carbocycles. The van der Waals surface area contributed by atoms with E-state index in [1.807, 2.05) is 12.1 Å². The van der Waals surface area contributed by atoms with Crippen molar-refractivity contribution in [3.63, 3.8) is 0 Å². The number of rotatable bonds is 5. The monoisotopic (exact) mass is 248 g/mol. The topological polar surface area (TPSA) is 62.2 Å². The third kappa shape index (κ3) is 3.81. The molecular weight excluding hydrogens is 228 g/mol. The Hall–Kier alpha value is -1.42. The average Bonchev–Trinajstić information content (AvgIpc) is 2.83. The van der Waals surface area contributed by atoms with E-state index >= 15 is 0 Å². The summed E-state index contributed by atoms with van der Waals surface area (Å²) in [4.78, 5) is 15.7. The highest BCUT2D eigenvalue weighted by molar-refractivity contribution is 5.76. The summed E-state index contributed by atoms with van der Waals surface area (Å²) in [5.41, 5.74) is 0.400. The van der Waals surface area contributed by atoms with Crippen LogP contribution < -0.4 is 5.32 Å². The van der Waals surface area contributed by atoms with Gasteiger partial charge in [0.15, 0.2) is 0 Å². The molecule has 1 aliphatic carbocycles. The number of carbonyl (C=O) groups is 1. The lowest BCUT2D eigenvalue weighted by Crippen LogP contribution is -2.40. The van der Waals surface area contributed by atoms with Gasteiger partial charge in [-0.05, 0) is 30.9 Å². The summed E-state index contributed by atoms with van der Waals surface area (Å²) in [6.45, 7) is 0.388. The third-order valence-corrected chi connectivity index (χ3v) is 3.51. The Bertz CT molecular complexity index is 386. The number of aromatic nitrogens is 1. The normalized spacial score (nSPS) is 17.6. The lowest BCUT2D eigenvalue weighted by Gasteiger charge is -2.22. The van der Waals surface area contributed by atoms with Gasteiger partial charge in [0, 0.05) is 25.4 Å². The van der Waals surface area contributed by atoms with Crippen molar-refractivity contribution in [2.45, 2.75) is 44.1 Å². The van der Waals surface area contributed by atoms with Crippen molar-refractivity contribution < 1.29 is 9.90 Å². The van der Waals surface area contributed by atoms with Crippen LogP contribution in [0.5, 0.6) is 0 Å². The summed E-state index contributed by atoms with van der Waals surface area (Å²) in [6, 6.07) is 3.83. The van der Waals surface area contributed by atoms with Crippen molar-refractivity contribution in [3.05, 3.63) is 30.1 Å². The number of carbonyl (C=O) groups excluding carboxylic acids is 1. The highest BCUT2D eigenvalue weighted by atomic mass is 16.3. The number of nitrogens with one attached hydrogen (secondary N) is 1. The van der Waals surface area contributed by atoms with Crippen LogP contribution >= 0.6 is 0 Å². The molecule has 4 heteroatoms. The number of amides is 1. The van der Waals surface area contributed by atoms with Crippen LogP contribution in [0.25, 0.3) is 0 Å². The van der Waals surface area contributed by atoms with Crippen LogP contribution in [0.4, 0.5) is 0 Å². The molecule has 1 heterocycles. The number of aliphatic hydroxyl groups is 1. The molecule has 0 radical (unpaired) electrons. The molecule has 0 spiro atoms. The van der Waals surface area contributed by atoms with E-state index in [4.69, 9.17) is 0 Å². The standard InChI is InChI=1S/C14H20N2O2/c17-13(6-5-12-4-3-9-15-10-12)16-11-14(18)7-1-2-8-14/h3-4,9-10,18H,1-2,5-8,11H2,(H,16,17).